The van der Waals surface area contributed by atoms with Crippen molar-refractivity contribution in [1.82, 2.24) is 9.71 Å². The maximum atomic E-state index is 13.4. The lowest BCUT2D eigenvalue weighted by Crippen LogP contribution is -2.30. The molecule has 0 fully saturated rings. The fraction of sp³-hybridized carbons (Fsp3) is 0.214. The Balaban J connectivity index is 1.27. The Kier molecular flexibility index (Phi) is 7.00. The quantitative estimate of drug-likeness (QED) is 0.368. The first-order valence-electron chi connectivity index (χ1n) is 11.9. The highest BCUT2D eigenvalue weighted by atomic mass is 32.2. The molecule has 1 amide bonds. The molecule has 10 heteroatoms. The molecule has 3 aromatic carbocycles. The van der Waals surface area contributed by atoms with Crippen molar-refractivity contribution >= 4 is 26.8 Å². The maximum Gasteiger partial charge on any atom is 0.264 e. The zero-order valence-corrected chi connectivity index (χ0v) is 21.2. The molecule has 1 aromatic heterocycles. The van der Waals surface area contributed by atoms with Gasteiger partial charge in [0.2, 0.25) is 10.0 Å². The van der Waals surface area contributed by atoms with Gasteiger partial charge in [0, 0.05) is 22.4 Å². The number of hydrogen-bond acceptors (Lipinski definition) is 7. The van der Waals surface area contributed by atoms with Crippen molar-refractivity contribution in [3.8, 4) is 11.5 Å². The summed E-state index contributed by atoms with van der Waals surface area (Å²) in [5, 5.41) is 11.8. The number of benzene rings is 3. The number of aliphatic hydroxyl groups is 1. The Morgan fingerprint density at radius 3 is 2.79 bits per heavy atom. The predicted octanol–water partition coefficient (Wildman–Crippen LogP) is 3.93. The average Bonchev–Trinajstić information content (AvgIpc) is 2.88. The standard InChI is InChI=1S/C28H25FN2O6S/c1-38(34,35)31-28(33)19-4-2-3-17(11-19)12-20-15-37-26-10-8-23(14-24(26)27(20)32)36-16-22-7-5-18-13-21(29)6-9-25(18)30-22/h2-11,13-14,20,27,32H,12,15-16H2,1H3,(H,31,33)/t20-,27-/m1/s1. The van der Waals surface area contributed by atoms with Gasteiger partial charge in [0.25, 0.3) is 5.91 Å². The second-order valence-electron chi connectivity index (χ2n) is 9.25. The number of rotatable bonds is 7. The van der Waals surface area contributed by atoms with E-state index >= 15 is 0 Å². The molecule has 2 atom stereocenters. The minimum atomic E-state index is -3.68. The van der Waals surface area contributed by atoms with E-state index < -0.39 is 22.0 Å². The van der Waals surface area contributed by atoms with Gasteiger partial charge in [-0.3, -0.25) is 4.79 Å². The number of nitrogens with one attached hydrogen (secondary N) is 1. The van der Waals surface area contributed by atoms with Crippen LogP contribution in [0.2, 0.25) is 0 Å². The third-order valence-corrected chi connectivity index (χ3v) is 6.82. The van der Waals surface area contributed by atoms with E-state index in [0.29, 0.717) is 40.1 Å². The summed E-state index contributed by atoms with van der Waals surface area (Å²) in [6.45, 7) is 0.463. The lowest BCUT2D eigenvalue weighted by Gasteiger charge is -2.30. The van der Waals surface area contributed by atoms with E-state index in [0.717, 1.165) is 11.8 Å². The SMILES string of the molecule is CS(=O)(=O)NC(=O)c1cccc(C[C@@H]2COc3ccc(OCc4ccc5cc(F)ccc5n4)cc3[C@@H]2O)c1. The van der Waals surface area contributed by atoms with Crippen LogP contribution in [0.5, 0.6) is 11.5 Å². The fourth-order valence-electron chi connectivity index (χ4n) is 4.44. The second kappa shape index (κ2) is 10.4. The van der Waals surface area contributed by atoms with Crippen LogP contribution >= 0.6 is 0 Å². The van der Waals surface area contributed by atoms with Crippen LogP contribution in [0.25, 0.3) is 10.9 Å². The first-order valence-corrected chi connectivity index (χ1v) is 13.8. The van der Waals surface area contributed by atoms with Gasteiger partial charge >= 0.3 is 0 Å². The molecule has 0 unspecified atom stereocenters. The molecule has 2 heterocycles. The summed E-state index contributed by atoms with van der Waals surface area (Å²) in [5.74, 6) is -0.231. The van der Waals surface area contributed by atoms with E-state index in [4.69, 9.17) is 9.47 Å². The van der Waals surface area contributed by atoms with Crippen molar-refractivity contribution < 1.29 is 32.2 Å². The summed E-state index contributed by atoms with van der Waals surface area (Å²) in [6.07, 6.45) is 0.484. The number of ether oxygens (including phenoxy) is 2. The average molecular weight is 537 g/mol. The molecule has 0 radical (unpaired) electrons. The number of sulfonamides is 1. The molecule has 0 aliphatic carbocycles. The molecule has 0 spiro atoms. The number of aliphatic hydroxyl groups excluding tert-OH is 1. The zero-order chi connectivity index (χ0) is 26.9. The zero-order valence-electron chi connectivity index (χ0n) is 20.4. The fourth-order valence-corrected chi connectivity index (χ4v) is 4.89. The van der Waals surface area contributed by atoms with Gasteiger partial charge in [-0.2, -0.15) is 0 Å². The van der Waals surface area contributed by atoms with Crippen molar-refractivity contribution in [3.05, 3.63) is 101 Å². The predicted molar refractivity (Wildman–Crippen MR) is 139 cm³/mol. The van der Waals surface area contributed by atoms with Crippen molar-refractivity contribution in [2.75, 3.05) is 12.9 Å². The van der Waals surface area contributed by atoms with Gasteiger partial charge in [-0.05, 0) is 66.6 Å². The summed E-state index contributed by atoms with van der Waals surface area (Å²) in [6, 6.07) is 19.8. The van der Waals surface area contributed by atoms with Crippen LogP contribution in [0.3, 0.4) is 0 Å². The Morgan fingerprint density at radius 1 is 1.13 bits per heavy atom. The molecule has 1 aliphatic heterocycles. The molecule has 1 aliphatic rings. The van der Waals surface area contributed by atoms with E-state index in [2.05, 4.69) is 4.98 Å². The smallest absolute Gasteiger partial charge is 0.264 e. The lowest BCUT2D eigenvalue weighted by molar-refractivity contribution is 0.0504. The Bertz CT molecular complexity index is 1630. The Morgan fingerprint density at radius 2 is 1.97 bits per heavy atom. The number of carbonyl (C=O) groups is 1. The number of carbonyl (C=O) groups excluding carboxylic acids is 1. The molecule has 0 saturated heterocycles. The van der Waals surface area contributed by atoms with Crippen LogP contribution < -0.4 is 14.2 Å². The van der Waals surface area contributed by atoms with Crippen LogP contribution in [0, 0.1) is 11.7 Å². The van der Waals surface area contributed by atoms with Crippen LogP contribution in [-0.4, -0.2) is 37.3 Å². The van der Waals surface area contributed by atoms with Crippen LogP contribution in [0.4, 0.5) is 4.39 Å². The molecular formula is C28H25FN2O6S. The number of pyridine rings is 1. The highest BCUT2D eigenvalue weighted by molar-refractivity contribution is 7.89. The highest BCUT2D eigenvalue weighted by Crippen LogP contribution is 2.39. The molecule has 196 valence electrons. The number of amides is 1. The molecule has 4 aromatic rings. The van der Waals surface area contributed by atoms with E-state index in [1.54, 1.807) is 48.5 Å². The monoisotopic (exact) mass is 536 g/mol. The summed E-state index contributed by atoms with van der Waals surface area (Å²) < 4.78 is 49.9. The van der Waals surface area contributed by atoms with Gasteiger partial charge in [0.15, 0.2) is 0 Å². The highest BCUT2D eigenvalue weighted by Gasteiger charge is 2.30. The molecule has 8 nitrogen and oxygen atoms in total. The number of hydrogen-bond donors (Lipinski definition) is 2. The topological polar surface area (TPSA) is 115 Å². The molecule has 2 N–H and O–H groups in total. The van der Waals surface area contributed by atoms with Gasteiger partial charge in [-0.15, -0.1) is 0 Å². The minimum Gasteiger partial charge on any atom is -0.493 e. The van der Waals surface area contributed by atoms with Crippen molar-refractivity contribution in [2.45, 2.75) is 19.1 Å². The number of aromatic nitrogens is 1. The third-order valence-electron chi connectivity index (χ3n) is 6.26. The minimum absolute atomic E-state index is 0.189. The molecule has 0 saturated carbocycles. The number of fused-ring (bicyclic) bond motifs is 2. The summed E-state index contributed by atoms with van der Waals surface area (Å²) >= 11 is 0. The summed E-state index contributed by atoms with van der Waals surface area (Å²) in [7, 11) is -3.68. The molecule has 38 heavy (non-hydrogen) atoms. The van der Waals surface area contributed by atoms with E-state index in [-0.39, 0.29) is 30.5 Å². The largest absolute Gasteiger partial charge is 0.493 e. The van der Waals surface area contributed by atoms with Crippen molar-refractivity contribution in [2.24, 2.45) is 5.92 Å². The Hall–Kier alpha value is -4.02. The summed E-state index contributed by atoms with van der Waals surface area (Å²) in [5.41, 5.74) is 2.91. The first-order chi connectivity index (χ1) is 18.1. The van der Waals surface area contributed by atoms with Gasteiger partial charge in [-0.1, -0.05) is 18.2 Å². The Labute approximate surface area is 219 Å². The molecule has 0 bridgehead atoms. The van der Waals surface area contributed by atoms with Gasteiger partial charge in [0.1, 0.15) is 23.9 Å². The number of nitrogens with zero attached hydrogens (tertiary/aromatic N) is 1. The third kappa shape index (κ3) is 5.92. The second-order valence-corrected chi connectivity index (χ2v) is 11.0. The maximum absolute atomic E-state index is 13.4. The van der Waals surface area contributed by atoms with Crippen LogP contribution in [-0.2, 0) is 23.1 Å². The lowest BCUT2D eigenvalue weighted by atomic mass is 9.87. The van der Waals surface area contributed by atoms with E-state index in [1.807, 2.05) is 10.8 Å². The molecule has 5 rings (SSSR count). The summed E-state index contributed by atoms with van der Waals surface area (Å²) in [4.78, 5) is 16.7. The first kappa shape index (κ1) is 25.6. The van der Waals surface area contributed by atoms with E-state index in [9.17, 15) is 22.7 Å². The van der Waals surface area contributed by atoms with Crippen LogP contribution in [0.15, 0.2) is 72.8 Å². The van der Waals surface area contributed by atoms with Crippen molar-refractivity contribution in [1.29, 1.82) is 0 Å². The van der Waals surface area contributed by atoms with Crippen molar-refractivity contribution in [3.63, 3.8) is 0 Å². The number of halogens is 1. The van der Waals surface area contributed by atoms with Crippen LogP contribution in [0.1, 0.15) is 33.3 Å². The van der Waals surface area contributed by atoms with Gasteiger partial charge in [0.05, 0.1) is 30.2 Å². The van der Waals surface area contributed by atoms with Gasteiger partial charge < -0.3 is 14.6 Å². The van der Waals surface area contributed by atoms with Gasteiger partial charge in [-0.25, -0.2) is 22.5 Å². The van der Waals surface area contributed by atoms with E-state index in [1.165, 1.54) is 18.2 Å². The molecular weight excluding hydrogens is 511 g/mol. The normalized spacial score (nSPS) is 16.9.